The summed E-state index contributed by atoms with van der Waals surface area (Å²) in [5.74, 6) is 1.94. The van der Waals surface area contributed by atoms with Crippen molar-refractivity contribution in [2.45, 2.75) is 57.8 Å². The van der Waals surface area contributed by atoms with E-state index in [9.17, 15) is 0 Å². The fourth-order valence-corrected chi connectivity index (χ4v) is 4.80. The molecule has 3 aliphatic rings. The number of fused-ring (bicyclic) bond motifs is 2. The monoisotopic (exact) mass is 314 g/mol. The van der Waals surface area contributed by atoms with Crippen molar-refractivity contribution in [2.24, 2.45) is 0 Å². The summed E-state index contributed by atoms with van der Waals surface area (Å²) in [6.07, 6.45) is 9.09. The van der Waals surface area contributed by atoms with Crippen LogP contribution >= 0.6 is 0 Å². The summed E-state index contributed by atoms with van der Waals surface area (Å²) in [5.41, 5.74) is 6.35. The van der Waals surface area contributed by atoms with Crippen molar-refractivity contribution in [1.82, 2.24) is 5.32 Å². The van der Waals surface area contributed by atoms with Crippen molar-refractivity contribution in [3.05, 3.63) is 22.8 Å². The van der Waals surface area contributed by atoms with Gasteiger partial charge in [-0.15, -0.1) is 0 Å². The highest BCUT2D eigenvalue weighted by molar-refractivity contribution is 5.70. The second-order valence-corrected chi connectivity index (χ2v) is 7.34. The molecule has 3 nitrogen and oxygen atoms in total. The predicted octanol–water partition coefficient (Wildman–Crippen LogP) is 3.64. The molecule has 1 saturated carbocycles. The van der Waals surface area contributed by atoms with Crippen LogP contribution in [0.2, 0.25) is 0 Å². The summed E-state index contributed by atoms with van der Waals surface area (Å²) in [4.78, 5) is 2.62. The largest absolute Gasteiger partial charge is 0.490 e. The quantitative estimate of drug-likeness (QED) is 0.922. The first-order valence-corrected chi connectivity index (χ1v) is 9.65. The SMILES string of the molecule is CCCN1CCOc2cc3c(c(C4CCCC4)c21)CCNCC3. The summed E-state index contributed by atoms with van der Waals surface area (Å²) in [6, 6.07) is 2.37. The number of hydrogen-bond acceptors (Lipinski definition) is 3. The summed E-state index contributed by atoms with van der Waals surface area (Å²) in [7, 11) is 0. The number of hydrogen-bond donors (Lipinski definition) is 1. The first-order chi connectivity index (χ1) is 11.4. The van der Waals surface area contributed by atoms with Gasteiger partial charge < -0.3 is 15.0 Å². The highest BCUT2D eigenvalue weighted by atomic mass is 16.5. The van der Waals surface area contributed by atoms with E-state index in [0.29, 0.717) is 0 Å². The third kappa shape index (κ3) is 2.84. The summed E-state index contributed by atoms with van der Waals surface area (Å²) >= 11 is 0. The van der Waals surface area contributed by atoms with E-state index in [1.807, 2.05) is 0 Å². The van der Waals surface area contributed by atoms with Gasteiger partial charge in [0.1, 0.15) is 12.4 Å². The molecule has 0 aromatic heterocycles. The lowest BCUT2D eigenvalue weighted by Crippen LogP contribution is -2.35. The molecule has 1 aromatic carbocycles. The highest BCUT2D eigenvalue weighted by Gasteiger charge is 2.31. The Kier molecular flexibility index (Phi) is 4.48. The Morgan fingerprint density at radius 3 is 2.87 bits per heavy atom. The lowest BCUT2D eigenvalue weighted by Gasteiger charge is -2.36. The van der Waals surface area contributed by atoms with Crippen LogP contribution in [-0.4, -0.2) is 32.8 Å². The third-order valence-corrected chi connectivity index (χ3v) is 5.82. The van der Waals surface area contributed by atoms with Crippen molar-refractivity contribution in [3.63, 3.8) is 0 Å². The Morgan fingerprint density at radius 1 is 1.22 bits per heavy atom. The Hall–Kier alpha value is -1.22. The average Bonchev–Trinajstić information content (AvgIpc) is 2.99. The number of nitrogens with zero attached hydrogens (tertiary/aromatic N) is 1. The topological polar surface area (TPSA) is 24.5 Å². The molecule has 1 aliphatic carbocycles. The Bertz CT molecular complexity index is 563. The molecular formula is C20H30N2O. The van der Waals surface area contributed by atoms with Crippen LogP contribution in [0.5, 0.6) is 5.75 Å². The molecule has 1 fully saturated rings. The van der Waals surface area contributed by atoms with Gasteiger partial charge in [0.05, 0.1) is 12.2 Å². The Morgan fingerprint density at radius 2 is 2.04 bits per heavy atom. The molecule has 3 heteroatoms. The zero-order chi connectivity index (χ0) is 15.6. The number of anilines is 1. The molecule has 0 spiro atoms. The van der Waals surface area contributed by atoms with E-state index in [2.05, 4.69) is 23.2 Å². The van der Waals surface area contributed by atoms with Gasteiger partial charge in [-0.2, -0.15) is 0 Å². The molecule has 0 radical (unpaired) electrons. The minimum Gasteiger partial charge on any atom is -0.490 e. The zero-order valence-corrected chi connectivity index (χ0v) is 14.5. The van der Waals surface area contributed by atoms with Crippen LogP contribution in [0.1, 0.15) is 61.6 Å². The van der Waals surface area contributed by atoms with Gasteiger partial charge in [0.2, 0.25) is 0 Å². The van der Waals surface area contributed by atoms with Crippen molar-refractivity contribution < 1.29 is 4.74 Å². The highest BCUT2D eigenvalue weighted by Crippen LogP contribution is 2.47. The number of ether oxygens (including phenoxy) is 1. The molecule has 0 bridgehead atoms. The van der Waals surface area contributed by atoms with E-state index in [4.69, 9.17) is 4.74 Å². The first kappa shape index (κ1) is 15.3. The molecule has 126 valence electrons. The van der Waals surface area contributed by atoms with Gasteiger partial charge in [-0.25, -0.2) is 0 Å². The second kappa shape index (κ2) is 6.72. The summed E-state index contributed by atoms with van der Waals surface area (Å²) < 4.78 is 6.15. The van der Waals surface area contributed by atoms with Crippen LogP contribution in [0, 0.1) is 0 Å². The fraction of sp³-hybridized carbons (Fsp3) is 0.700. The van der Waals surface area contributed by atoms with Crippen LogP contribution in [0.25, 0.3) is 0 Å². The van der Waals surface area contributed by atoms with Gasteiger partial charge in [0.15, 0.2) is 0 Å². The van der Waals surface area contributed by atoms with E-state index >= 15 is 0 Å². The molecule has 0 atom stereocenters. The Balaban J connectivity index is 1.87. The number of benzene rings is 1. The fourth-order valence-electron chi connectivity index (χ4n) is 4.80. The van der Waals surface area contributed by atoms with Gasteiger partial charge in [0.25, 0.3) is 0 Å². The maximum atomic E-state index is 6.15. The minimum atomic E-state index is 0.762. The predicted molar refractivity (Wildman–Crippen MR) is 95.9 cm³/mol. The van der Waals surface area contributed by atoms with E-state index in [1.54, 1.807) is 16.7 Å². The van der Waals surface area contributed by atoms with Crippen molar-refractivity contribution in [1.29, 1.82) is 0 Å². The molecule has 23 heavy (non-hydrogen) atoms. The van der Waals surface area contributed by atoms with Crippen LogP contribution < -0.4 is 15.0 Å². The van der Waals surface area contributed by atoms with Gasteiger partial charge in [0, 0.05) is 6.54 Å². The van der Waals surface area contributed by atoms with Gasteiger partial charge in [-0.05, 0) is 73.9 Å². The maximum absolute atomic E-state index is 6.15. The zero-order valence-electron chi connectivity index (χ0n) is 14.5. The molecule has 2 heterocycles. The molecule has 1 N–H and O–H groups in total. The second-order valence-electron chi connectivity index (χ2n) is 7.34. The van der Waals surface area contributed by atoms with Crippen molar-refractivity contribution in [3.8, 4) is 5.75 Å². The minimum absolute atomic E-state index is 0.762. The molecule has 0 amide bonds. The van der Waals surface area contributed by atoms with E-state index in [-0.39, 0.29) is 0 Å². The first-order valence-electron chi connectivity index (χ1n) is 9.65. The van der Waals surface area contributed by atoms with E-state index in [1.165, 1.54) is 50.0 Å². The van der Waals surface area contributed by atoms with Gasteiger partial charge >= 0.3 is 0 Å². The number of rotatable bonds is 3. The molecule has 4 rings (SSSR count). The standard InChI is InChI=1S/C20H30N2O/c1-2-11-22-12-13-23-18-14-16-7-9-21-10-8-17(16)19(20(18)22)15-5-3-4-6-15/h14-15,21H,2-13H2,1H3. The van der Waals surface area contributed by atoms with Crippen LogP contribution in [0.15, 0.2) is 6.07 Å². The van der Waals surface area contributed by atoms with Crippen LogP contribution in [-0.2, 0) is 12.8 Å². The van der Waals surface area contributed by atoms with Crippen LogP contribution in [0.3, 0.4) is 0 Å². The molecule has 2 aliphatic heterocycles. The smallest absolute Gasteiger partial charge is 0.143 e. The Labute approximate surface area is 140 Å². The average molecular weight is 314 g/mol. The summed E-state index contributed by atoms with van der Waals surface area (Å²) in [5, 5.41) is 3.58. The van der Waals surface area contributed by atoms with Crippen molar-refractivity contribution >= 4 is 5.69 Å². The van der Waals surface area contributed by atoms with Gasteiger partial charge in [-0.1, -0.05) is 19.8 Å². The lowest BCUT2D eigenvalue weighted by atomic mass is 9.85. The molecule has 1 aromatic rings. The summed E-state index contributed by atoms with van der Waals surface area (Å²) in [6.45, 7) is 7.57. The third-order valence-electron chi connectivity index (χ3n) is 5.82. The molecule has 0 saturated heterocycles. The van der Waals surface area contributed by atoms with E-state index in [0.717, 1.165) is 45.1 Å². The molecule has 0 unspecified atom stereocenters. The molecular weight excluding hydrogens is 284 g/mol. The normalized spacial score (nSPS) is 21.5. The lowest BCUT2D eigenvalue weighted by molar-refractivity contribution is 0.306. The van der Waals surface area contributed by atoms with Crippen molar-refractivity contribution in [2.75, 3.05) is 37.7 Å². The number of nitrogens with one attached hydrogen (secondary N) is 1. The maximum Gasteiger partial charge on any atom is 0.143 e. The van der Waals surface area contributed by atoms with E-state index < -0.39 is 0 Å². The van der Waals surface area contributed by atoms with Crippen LogP contribution in [0.4, 0.5) is 5.69 Å². The van der Waals surface area contributed by atoms with Gasteiger partial charge in [-0.3, -0.25) is 0 Å².